The van der Waals surface area contributed by atoms with E-state index in [1.54, 1.807) is 42.5 Å². The van der Waals surface area contributed by atoms with Gasteiger partial charge in [0.05, 0.1) is 27.1 Å². The summed E-state index contributed by atoms with van der Waals surface area (Å²) < 4.78 is 31.1. The number of hydrogen-bond donors (Lipinski definition) is 2. The maximum atomic E-state index is 13.0. The number of carbonyl (C=O) groups excluding carboxylic acids is 1. The standard InChI is InChI=1S/C30H30Cl2N2O5S2/c1-30(2,3)27-18-40-28(34-27)17-39-26-16-20(7-12-23(26)32)29(36)33-24-15-19(6-13-25(24)35)5-4-14-41(37,38)22-10-8-21(31)9-11-22/h6-13,15-16,18,35H,4-5,14,17H2,1-3H3,(H,33,36). The third-order valence-electron chi connectivity index (χ3n) is 6.23. The Bertz CT molecular complexity index is 1650. The lowest BCUT2D eigenvalue weighted by Gasteiger charge is -2.14. The van der Waals surface area contributed by atoms with Gasteiger partial charge in [0, 0.05) is 21.4 Å². The van der Waals surface area contributed by atoms with Gasteiger partial charge in [-0.2, -0.15) is 0 Å². The quantitative estimate of drug-likeness (QED) is 0.174. The predicted molar refractivity (Wildman–Crippen MR) is 164 cm³/mol. The minimum absolute atomic E-state index is 0.0523. The molecule has 4 aromatic rings. The van der Waals surface area contributed by atoms with Crippen molar-refractivity contribution < 1.29 is 23.1 Å². The highest BCUT2D eigenvalue weighted by atomic mass is 35.5. The largest absolute Gasteiger partial charge is 0.506 e. The minimum Gasteiger partial charge on any atom is -0.506 e. The lowest BCUT2D eigenvalue weighted by atomic mass is 9.93. The molecule has 0 unspecified atom stereocenters. The third kappa shape index (κ3) is 8.23. The summed E-state index contributed by atoms with van der Waals surface area (Å²) in [7, 11) is -3.46. The van der Waals surface area contributed by atoms with Gasteiger partial charge >= 0.3 is 0 Å². The first-order chi connectivity index (χ1) is 19.3. The molecule has 0 radical (unpaired) electrons. The Hall–Kier alpha value is -3.11. The number of benzene rings is 3. The second-order valence-electron chi connectivity index (χ2n) is 10.5. The number of nitrogens with one attached hydrogen (secondary N) is 1. The highest BCUT2D eigenvalue weighted by molar-refractivity contribution is 7.91. The molecule has 2 N–H and O–H groups in total. The molecule has 0 saturated heterocycles. The van der Waals surface area contributed by atoms with Gasteiger partial charge in [0.15, 0.2) is 9.84 Å². The van der Waals surface area contributed by atoms with Gasteiger partial charge in [-0.05, 0) is 73.0 Å². The lowest BCUT2D eigenvalue weighted by molar-refractivity contribution is 0.102. The van der Waals surface area contributed by atoms with E-state index in [2.05, 4.69) is 31.1 Å². The fraction of sp³-hybridized carbons (Fsp3) is 0.267. The average molecular weight is 634 g/mol. The van der Waals surface area contributed by atoms with Gasteiger partial charge in [0.25, 0.3) is 5.91 Å². The molecule has 7 nitrogen and oxygen atoms in total. The fourth-order valence-electron chi connectivity index (χ4n) is 3.88. The van der Waals surface area contributed by atoms with Crippen molar-refractivity contribution in [2.24, 2.45) is 0 Å². The van der Waals surface area contributed by atoms with Crippen LogP contribution in [0.25, 0.3) is 0 Å². The molecule has 0 aliphatic heterocycles. The van der Waals surface area contributed by atoms with E-state index in [0.717, 1.165) is 16.3 Å². The summed E-state index contributed by atoms with van der Waals surface area (Å²) in [5.41, 5.74) is 2.18. The van der Waals surface area contributed by atoms with E-state index in [4.69, 9.17) is 27.9 Å². The lowest BCUT2D eigenvalue weighted by Crippen LogP contribution is -2.13. The number of aromatic hydroxyl groups is 1. The summed E-state index contributed by atoms with van der Waals surface area (Å²) in [5, 5.41) is 16.7. The molecule has 216 valence electrons. The number of ether oxygens (including phenoxy) is 1. The Morgan fingerprint density at radius 3 is 2.46 bits per heavy atom. The second kappa shape index (κ2) is 12.8. The van der Waals surface area contributed by atoms with Gasteiger partial charge in [0.2, 0.25) is 0 Å². The SMILES string of the molecule is CC(C)(C)c1csc(COc2cc(C(=O)Nc3cc(CCCS(=O)(=O)c4ccc(Cl)cc4)ccc3O)ccc2Cl)n1. The number of sulfone groups is 1. The number of anilines is 1. The van der Waals surface area contributed by atoms with E-state index in [9.17, 15) is 18.3 Å². The van der Waals surface area contributed by atoms with E-state index in [-0.39, 0.29) is 39.7 Å². The van der Waals surface area contributed by atoms with E-state index in [1.807, 2.05) is 5.38 Å². The van der Waals surface area contributed by atoms with Crippen molar-refractivity contribution in [1.29, 1.82) is 0 Å². The molecular weight excluding hydrogens is 603 g/mol. The van der Waals surface area contributed by atoms with Crippen LogP contribution >= 0.6 is 34.5 Å². The number of amides is 1. The molecule has 0 fully saturated rings. The van der Waals surface area contributed by atoms with Crippen LogP contribution in [0.3, 0.4) is 0 Å². The number of carbonyl (C=O) groups is 1. The Balaban J connectivity index is 1.39. The van der Waals surface area contributed by atoms with Crippen LogP contribution in [0, 0.1) is 0 Å². The first-order valence-electron chi connectivity index (χ1n) is 12.8. The van der Waals surface area contributed by atoms with Crippen molar-refractivity contribution in [2.75, 3.05) is 11.1 Å². The number of phenolic OH excluding ortho intramolecular Hbond substituents is 1. The maximum absolute atomic E-state index is 13.0. The molecule has 1 amide bonds. The molecule has 41 heavy (non-hydrogen) atoms. The molecule has 0 atom stereocenters. The molecule has 0 bridgehead atoms. The Labute approximate surface area is 254 Å². The van der Waals surface area contributed by atoms with Crippen LogP contribution in [-0.2, 0) is 28.3 Å². The number of thiazole rings is 1. The first-order valence-corrected chi connectivity index (χ1v) is 16.1. The molecule has 0 aliphatic carbocycles. The number of phenols is 1. The molecule has 0 saturated carbocycles. The summed E-state index contributed by atoms with van der Waals surface area (Å²) in [5.74, 6) is -0.288. The highest BCUT2D eigenvalue weighted by Gasteiger charge is 2.19. The van der Waals surface area contributed by atoms with Crippen molar-refractivity contribution >= 4 is 56.0 Å². The van der Waals surface area contributed by atoms with E-state index >= 15 is 0 Å². The Morgan fingerprint density at radius 2 is 1.78 bits per heavy atom. The van der Waals surface area contributed by atoms with Crippen LogP contribution in [0.2, 0.25) is 10.0 Å². The maximum Gasteiger partial charge on any atom is 0.255 e. The molecule has 4 rings (SSSR count). The van der Waals surface area contributed by atoms with Gasteiger partial charge in [0.1, 0.15) is 23.1 Å². The van der Waals surface area contributed by atoms with Gasteiger partial charge in [-0.25, -0.2) is 13.4 Å². The predicted octanol–water partition coefficient (Wildman–Crippen LogP) is 7.69. The zero-order valence-electron chi connectivity index (χ0n) is 22.8. The minimum atomic E-state index is -3.46. The van der Waals surface area contributed by atoms with E-state index < -0.39 is 15.7 Å². The molecule has 11 heteroatoms. The summed E-state index contributed by atoms with van der Waals surface area (Å²) in [6, 6.07) is 15.5. The average Bonchev–Trinajstić information content (AvgIpc) is 3.40. The van der Waals surface area contributed by atoms with Gasteiger partial charge in [-0.3, -0.25) is 4.79 Å². The van der Waals surface area contributed by atoms with Crippen LogP contribution in [0.4, 0.5) is 5.69 Å². The van der Waals surface area contributed by atoms with Crippen LogP contribution < -0.4 is 10.1 Å². The number of halogens is 2. The van der Waals surface area contributed by atoms with Gasteiger partial charge in [-0.1, -0.05) is 50.0 Å². The number of nitrogens with zero attached hydrogens (tertiary/aromatic N) is 1. The van der Waals surface area contributed by atoms with Crippen LogP contribution in [0.5, 0.6) is 11.5 Å². The number of rotatable bonds is 10. The molecule has 1 aromatic heterocycles. The number of hydrogen-bond acceptors (Lipinski definition) is 7. The molecule has 1 heterocycles. The van der Waals surface area contributed by atoms with Crippen molar-refractivity contribution in [1.82, 2.24) is 4.98 Å². The molecular formula is C30H30Cl2N2O5S2. The van der Waals surface area contributed by atoms with Crippen molar-refractivity contribution in [3.8, 4) is 11.5 Å². The van der Waals surface area contributed by atoms with E-state index in [1.165, 1.54) is 29.5 Å². The number of aryl methyl sites for hydroxylation is 1. The summed E-state index contributed by atoms with van der Waals surface area (Å²) >= 11 is 13.7. The molecule has 0 aliphatic rings. The normalized spacial score (nSPS) is 11.8. The zero-order valence-corrected chi connectivity index (χ0v) is 25.9. The van der Waals surface area contributed by atoms with Crippen molar-refractivity contribution in [3.05, 3.63) is 97.9 Å². The zero-order chi connectivity index (χ0) is 29.8. The monoisotopic (exact) mass is 632 g/mol. The van der Waals surface area contributed by atoms with Crippen LogP contribution in [-0.4, -0.2) is 30.2 Å². The highest BCUT2D eigenvalue weighted by Crippen LogP contribution is 2.30. The van der Waals surface area contributed by atoms with Gasteiger partial charge in [-0.15, -0.1) is 11.3 Å². The first kappa shape index (κ1) is 30.8. The van der Waals surface area contributed by atoms with Crippen molar-refractivity contribution in [3.63, 3.8) is 0 Å². The van der Waals surface area contributed by atoms with Crippen LogP contribution in [0.1, 0.15) is 53.8 Å². The van der Waals surface area contributed by atoms with E-state index in [0.29, 0.717) is 28.6 Å². The third-order valence-corrected chi connectivity index (χ3v) is 9.43. The Morgan fingerprint density at radius 1 is 1.05 bits per heavy atom. The smallest absolute Gasteiger partial charge is 0.255 e. The molecule has 0 spiro atoms. The molecule has 3 aromatic carbocycles. The second-order valence-corrected chi connectivity index (χ2v) is 14.4. The summed E-state index contributed by atoms with van der Waals surface area (Å²) in [6.45, 7) is 6.48. The van der Waals surface area contributed by atoms with Crippen LogP contribution in [0.15, 0.2) is 70.9 Å². The summed E-state index contributed by atoms with van der Waals surface area (Å²) in [6.07, 6.45) is 0.792. The topological polar surface area (TPSA) is 106 Å². The fourth-order valence-corrected chi connectivity index (χ4v) is 6.42. The van der Waals surface area contributed by atoms with Crippen molar-refractivity contribution in [2.45, 2.75) is 50.5 Å². The van der Waals surface area contributed by atoms with Gasteiger partial charge < -0.3 is 15.2 Å². The Kier molecular flexibility index (Phi) is 9.64. The summed E-state index contributed by atoms with van der Waals surface area (Å²) in [4.78, 5) is 17.9. The number of aromatic nitrogens is 1.